The number of fused-ring (bicyclic) bond motifs is 4. The van der Waals surface area contributed by atoms with Gasteiger partial charge in [-0.1, -0.05) is 32.6 Å². The number of unbranched alkanes of at least 4 members (excludes halogenated alkanes) is 1. The van der Waals surface area contributed by atoms with Crippen molar-refractivity contribution in [3.05, 3.63) is 39.2 Å². The first-order valence-electron chi connectivity index (χ1n) is 13.2. The van der Waals surface area contributed by atoms with Crippen LogP contribution >= 0.6 is 0 Å². The molecule has 1 saturated heterocycles. The summed E-state index contributed by atoms with van der Waals surface area (Å²) in [5.41, 5.74) is 2.37. The highest BCUT2D eigenvalue weighted by Gasteiger charge is 2.49. The molecule has 0 spiro atoms. The van der Waals surface area contributed by atoms with E-state index in [1.54, 1.807) is 0 Å². The van der Waals surface area contributed by atoms with Crippen LogP contribution in [0.5, 0.6) is 5.75 Å². The molecule has 1 N–H and O–H groups in total. The Morgan fingerprint density at radius 3 is 2.85 bits per heavy atom. The van der Waals surface area contributed by atoms with Gasteiger partial charge in [-0.2, -0.15) is 0 Å². The topological polar surface area (TPSA) is 80.0 Å². The maximum atomic E-state index is 13.4. The molecule has 0 radical (unpaired) electrons. The smallest absolute Gasteiger partial charge is 0.339 e. The number of hydrogen-bond acceptors (Lipinski definition) is 5. The van der Waals surface area contributed by atoms with Crippen LogP contribution in [0.4, 0.5) is 0 Å². The minimum atomic E-state index is -0.624. The number of carbonyl (C=O) groups excluding carboxylic acids is 1. The molecule has 6 heteroatoms. The molecule has 1 aromatic heterocycles. The molecule has 2 heterocycles. The van der Waals surface area contributed by atoms with Gasteiger partial charge in [0.25, 0.3) is 5.91 Å². The Balaban J connectivity index is 1.34. The van der Waals surface area contributed by atoms with Gasteiger partial charge in [-0.05, 0) is 69.6 Å². The van der Waals surface area contributed by atoms with E-state index >= 15 is 0 Å². The Kier molecular flexibility index (Phi) is 6.45. The third kappa shape index (κ3) is 4.04. The summed E-state index contributed by atoms with van der Waals surface area (Å²) >= 11 is 0. The molecule has 1 aromatic carbocycles. The van der Waals surface area contributed by atoms with Crippen molar-refractivity contribution in [2.75, 3.05) is 13.2 Å². The molecule has 2 aliphatic carbocycles. The van der Waals surface area contributed by atoms with Gasteiger partial charge < -0.3 is 19.2 Å². The van der Waals surface area contributed by atoms with Gasteiger partial charge in [-0.3, -0.25) is 4.79 Å². The molecule has 0 bridgehead atoms. The Bertz CT molecular complexity index is 1140. The molecule has 2 fully saturated rings. The van der Waals surface area contributed by atoms with Crippen molar-refractivity contribution >= 4 is 16.9 Å². The van der Waals surface area contributed by atoms with Crippen LogP contribution < -0.4 is 10.4 Å². The minimum Gasteiger partial charge on any atom is -0.483 e. The predicted molar refractivity (Wildman–Crippen MR) is 131 cm³/mol. The summed E-state index contributed by atoms with van der Waals surface area (Å²) in [5, 5.41) is 12.3. The van der Waals surface area contributed by atoms with Crippen molar-refractivity contribution in [3.63, 3.8) is 0 Å². The second kappa shape index (κ2) is 9.37. The SMILES string of the molecule is CCCC[C@H]1[C@H]2CCCC[C@]2(O)CCN1C(=O)COc1ccc2c3c(c(=O)oc2c1C)CCC3. The van der Waals surface area contributed by atoms with Gasteiger partial charge in [0.2, 0.25) is 0 Å². The number of carbonyl (C=O) groups is 1. The number of hydrogen-bond donors (Lipinski definition) is 1. The van der Waals surface area contributed by atoms with Crippen LogP contribution in [0, 0.1) is 12.8 Å². The van der Waals surface area contributed by atoms with Crippen molar-refractivity contribution in [2.24, 2.45) is 5.92 Å². The van der Waals surface area contributed by atoms with Gasteiger partial charge in [0.1, 0.15) is 11.3 Å². The van der Waals surface area contributed by atoms with E-state index in [2.05, 4.69) is 6.92 Å². The van der Waals surface area contributed by atoms with E-state index in [0.717, 1.165) is 86.3 Å². The van der Waals surface area contributed by atoms with E-state index in [9.17, 15) is 14.7 Å². The van der Waals surface area contributed by atoms with E-state index in [1.807, 2.05) is 24.0 Å². The Morgan fingerprint density at radius 1 is 1.21 bits per heavy atom. The van der Waals surface area contributed by atoms with E-state index < -0.39 is 5.60 Å². The highest BCUT2D eigenvalue weighted by molar-refractivity contribution is 5.86. The molecular formula is C28H37NO5. The maximum absolute atomic E-state index is 13.4. The zero-order valence-corrected chi connectivity index (χ0v) is 20.5. The molecule has 184 valence electrons. The van der Waals surface area contributed by atoms with Gasteiger partial charge in [0.15, 0.2) is 6.61 Å². The molecule has 0 unspecified atom stereocenters. The van der Waals surface area contributed by atoms with Crippen LogP contribution in [-0.4, -0.2) is 40.7 Å². The first-order chi connectivity index (χ1) is 16.4. The van der Waals surface area contributed by atoms with Gasteiger partial charge >= 0.3 is 5.63 Å². The predicted octanol–water partition coefficient (Wildman–Crippen LogP) is 4.68. The van der Waals surface area contributed by atoms with Crippen molar-refractivity contribution in [2.45, 2.75) is 96.1 Å². The average Bonchev–Trinajstić information content (AvgIpc) is 3.33. The number of nitrogens with zero attached hydrogens (tertiary/aromatic N) is 1. The van der Waals surface area contributed by atoms with Gasteiger partial charge in [0, 0.05) is 35.0 Å². The van der Waals surface area contributed by atoms with Crippen LogP contribution in [0.2, 0.25) is 0 Å². The maximum Gasteiger partial charge on any atom is 0.339 e. The molecule has 5 rings (SSSR count). The van der Waals surface area contributed by atoms with Crippen LogP contribution in [0.15, 0.2) is 21.3 Å². The Labute approximate surface area is 201 Å². The second-order valence-electron chi connectivity index (χ2n) is 10.6. The molecule has 2 aromatic rings. The lowest BCUT2D eigenvalue weighted by Gasteiger charge is -2.52. The molecular weight excluding hydrogens is 430 g/mol. The van der Waals surface area contributed by atoms with E-state index in [4.69, 9.17) is 9.15 Å². The molecule has 34 heavy (non-hydrogen) atoms. The van der Waals surface area contributed by atoms with Gasteiger partial charge in [-0.15, -0.1) is 0 Å². The van der Waals surface area contributed by atoms with Gasteiger partial charge in [0.05, 0.1) is 5.60 Å². The van der Waals surface area contributed by atoms with E-state index in [0.29, 0.717) is 24.3 Å². The monoisotopic (exact) mass is 467 g/mol. The van der Waals surface area contributed by atoms with E-state index in [-0.39, 0.29) is 30.1 Å². The zero-order valence-electron chi connectivity index (χ0n) is 20.5. The lowest BCUT2D eigenvalue weighted by molar-refractivity contribution is -0.157. The normalized spacial score (nSPS) is 26.4. The number of likely N-dealkylation sites (tertiary alicyclic amines) is 1. The number of rotatable bonds is 6. The first-order valence-corrected chi connectivity index (χ1v) is 13.2. The summed E-state index contributed by atoms with van der Waals surface area (Å²) < 4.78 is 11.7. The minimum absolute atomic E-state index is 0.0244. The number of aryl methyl sites for hydroxylation is 2. The quantitative estimate of drug-likeness (QED) is 0.624. The highest BCUT2D eigenvalue weighted by Crippen LogP contribution is 2.44. The Morgan fingerprint density at radius 2 is 2.03 bits per heavy atom. The Hall–Kier alpha value is -2.34. The summed E-state index contributed by atoms with van der Waals surface area (Å²) in [6, 6.07) is 3.93. The number of aliphatic hydroxyl groups is 1. The lowest BCUT2D eigenvalue weighted by Crippen LogP contribution is -2.61. The third-order valence-electron chi connectivity index (χ3n) is 8.58. The molecule has 1 saturated carbocycles. The highest BCUT2D eigenvalue weighted by atomic mass is 16.5. The van der Waals surface area contributed by atoms with Crippen molar-refractivity contribution < 1.29 is 19.1 Å². The summed E-state index contributed by atoms with van der Waals surface area (Å²) in [4.78, 5) is 27.8. The molecule has 6 nitrogen and oxygen atoms in total. The molecule has 1 aliphatic heterocycles. The van der Waals surface area contributed by atoms with Crippen LogP contribution in [0.1, 0.15) is 81.4 Å². The molecule has 1 amide bonds. The van der Waals surface area contributed by atoms with Crippen LogP contribution in [0.3, 0.4) is 0 Å². The number of amides is 1. The second-order valence-corrected chi connectivity index (χ2v) is 10.6. The largest absolute Gasteiger partial charge is 0.483 e. The van der Waals surface area contributed by atoms with Gasteiger partial charge in [-0.25, -0.2) is 4.79 Å². The molecule has 3 aliphatic rings. The van der Waals surface area contributed by atoms with E-state index in [1.165, 1.54) is 0 Å². The summed E-state index contributed by atoms with van der Waals surface area (Å²) in [5.74, 6) is 0.714. The lowest BCUT2D eigenvalue weighted by atomic mass is 9.66. The average molecular weight is 468 g/mol. The van der Waals surface area contributed by atoms with Crippen molar-refractivity contribution in [3.8, 4) is 5.75 Å². The summed E-state index contributed by atoms with van der Waals surface area (Å²) in [6.07, 6.45) is 10.4. The summed E-state index contributed by atoms with van der Waals surface area (Å²) in [6.45, 7) is 4.59. The zero-order chi connectivity index (χ0) is 23.9. The standard InChI is InChI=1S/C28H37NO5/c1-3-4-11-23-22-10-5-6-14-28(22,32)15-16-29(23)25(30)17-33-24-13-12-20-19-8-7-9-21(19)27(31)34-26(20)18(24)2/h12-13,22-23,32H,3-11,14-17H2,1-2H3/t22-,23+,28+/m1/s1. The number of ether oxygens (including phenoxy) is 1. The number of piperidine rings is 1. The van der Waals surface area contributed by atoms with Crippen molar-refractivity contribution in [1.82, 2.24) is 4.90 Å². The number of benzene rings is 1. The fourth-order valence-corrected chi connectivity index (χ4v) is 6.73. The summed E-state index contributed by atoms with van der Waals surface area (Å²) in [7, 11) is 0. The third-order valence-corrected chi connectivity index (χ3v) is 8.58. The first kappa shape index (κ1) is 23.4. The van der Waals surface area contributed by atoms with Crippen LogP contribution in [0.25, 0.3) is 11.0 Å². The molecule has 3 atom stereocenters. The van der Waals surface area contributed by atoms with Crippen LogP contribution in [-0.2, 0) is 17.6 Å². The fraction of sp³-hybridized carbons (Fsp3) is 0.643. The fourth-order valence-electron chi connectivity index (χ4n) is 6.73. The van der Waals surface area contributed by atoms with Crippen molar-refractivity contribution in [1.29, 1.82) is 0 Å².